The van der Waals surface area contributed by atoms with Gasteiger partial charge in [0.2, 0.25) is 10.0 Å². The van der Waals surface area contributed by atoms with Gasteiger partial charge in [0.1, 0.15) is 11.5 Å². The van der Waals surface area contributed by atoms with Gasteiger partial charge in [-0.05, 0) is 61.7 Å². The Morgan fingerprint density at radius 1 is 1.08 bits per heavy atom. The van der Waals surface area contributed by atoms with Gasteiger partial charge in [-0.3, -0.25) is 4.79 Å². The molecule has 0 atom stereocenters. The Hall–Kier alpha value is -3.63. The van der Waals surface area contributed by atoms with E-state index in [0.717, 1.165) is 42.9 Å². The first-order chi connectivity index (χ1) is 17.9. The van der Waals surface area contributed by atoms with Crippen LogP contribution in [0.4, 0.5) is 5.69 Å². The number of imidazole rings is 1. The molecule has 0 saturated carbocycles. The molecule has 1 aliphatic rings. The second-order valence-corrected chi connectivity index (χ2v) is 10.5. The van der Waals surface area contributed by atoms with Gasteiger partial charge in [-0.15, -0.1) is 0 Å². The van der Waals surface area contributed by atoms with Gasteiger partial charge in [-0.1, -0.05) is 0 Å². The zero-order valence-corrected chi connectivity index (χ0v) is 21.9. The number of hydrogen-bond acceptors (Lipinski definition) is 7. The average molecular weight is 525 g/mol. The summed E-state index contributed by atoms with van der Waals surface area (Å²) < 4.78 is 40.7. The first-order valence-corrected chi connectivity index (χ1v) is 13.7. The number of rotatable bonds is 12. The largest absolute Gasteiger partial charge is 0.496 e. The second kappa shape index (κ2) is 12.1. The zero-order chi connectivity index (χ0) is 26.3. The van der Waals surface area contributed by atoms with E-state index >= 15 is 0 Å². The van der Waals surface area contributed by atoms with Crippen LogP contribution in [0.25, 0.3) is 6.08 Å². The van der Waals surface area contributed by atoms with Crippen molar-refractivity contribution < 1.29 is 22.7 Å². The van der Waals surface area contributed by atoms with Crippen LogP contribution in [0.1, 0.15) is 35.2 Å². The van der Waals surface area contributed by atoms with Gasteiger partial charge >= 0.3 is 0 Å². The zero-order valence-electron chi connectivity index (χ0n) is 21.1. The van der Waals surface area contributed by atoms with Crippen LogP contribution < -0.4 is 19.1 Å². The summed E-state index contributed by atoms with van der Waals surface area (Å²) in [4.78, 5) is 19.2. The number of aryl methyl sites for hydroxylation is 1. The molecule has 1 saturated heterocycles. The van der Waals surface area contributed by atoms with E-state index in [1.807, 2.05) is 22.9 Å². The number of ketones is 1. The van der Waals surface area contributed by atoms with Gasteiger partial charge in [0.05, 0.1) is 31.1 Å². The number of carbonyl (C=O) groups excluding carboxylic acids is 1. The predicted molar refractivity (Wildman–Crippen MR) is 143 cm³/mol. The standard InChI is InChI=1S/C27H32N4O5S/c1-35-26-19-27(36-2)24(31-15-3-4-16-31)18-22(26)8-11-25(32)21-6-9-23(10-7-21)37(33,34)29-12-5-14-30-17-13-28-20-30/h6-11,13,17-20,29H,3-5,12,14-16H2,1-2H3/b11-8+. The first kappa shape index (κ1) is 26.4. The lowest BCUT2D eigenvalue weighted by molar-refractivity contribution is 0.104. The molecular weight excluding hydrogens is 492 g/mol. The topological polar surface area (TPSA) is 103 Å². The van der Waals surface area contributed by atoms with Crippen molar-refractivity contribution in [1.82, 2.24) is 14.3 Å². The van der Waals surface area contributed by atoms with E-state index in [2.05, 4.69) is 14.6 Å². The van der Waals surface area contributed by atoms with Crippen molar-refractivity contribution in [1.29, 1.82) is 0 Å². The third-order valence-corrected chi connectivity index (χ3v) is 7.76. The molecule has 4 rings (SSSR count). The monoisotopic (exact) mass is 524 g/mol. The Bertz CT molecular complexity index is 1330. The normalized spacial score (nSPS) is 13.8. The van der Waals surface area contributed by atoms with Gasteiger partial charge in [-0.2, -0.15) is 0 Å². The lowest BCUT2D eigenvalue weighted by atomic mass is 10.1. The average Bonchev–Trinajstić information content (AvgIpc) is 3.64. The van der Waals surface area contributed by atoms with Gasteiger partial charge in [0.25, 0.3) is 0 Å². The molecule has 1 aromatic heterocycles. The fraction of sp³-hybridized carbons (Fsp3) is 0.333. The van der Waals surface area contributed by atoms with Gasteiger partial charge in [0.15, 0.2) is 5.78 Å². The molecule has 2 aromatic carbocycles. The van der Waals surface area contributed by atoms with Crippen LogP contribution in [0.5, 0.6) is 11.5 Å². The van der Waals surface area contributed by atoms with E-state index < -0.39 is 10.0 Å². The minimum Gasteiger partial charge on any atom is -0.496 e. The molecule has 1 fully saturated rings. The van der Waals surface area contributed by atoms with Gasteiger partial charge < -0.3 is 18.9 Å². The van der Waals surface area contributed by atoms with E-state index in [9.17, 15) is 13.2 Å². The van der Waals surface area contributed by atoms with E-state index in [1.54, 1.807) is 32.8 Å². The number of nitrogens with zero attached hydrogens (tertiary/aromatic N) is 3. The Morgan fingerprint density at radius 2 is 1.81 bits per heavy atom. The molecule has 9 nitrogen and oxygen atoms in total. The van der Waals surface area contributed by atoms with E-state index in [1.165, 1.54) is 30.3 Å². The molecule has 1 aliphatic heterocycles. The number of ether oxygens (including phenoxy) is 2. The molecule has 0 bridgehead atoms. The first-order valence-electron chi connectivity index (χ1n) is 12.2. The van der Waals surface area contributed by atoms with E-state index in [-0.39, 0.29) is 10.7 Å². The van der Waals surface area contributed by atoms with Crippen LogP contribution in [-0.4, -0.2) is 57.6 Å². The molecule has 37 heavy (non-hydrogen) atoms. The molecule has 0 radical (unpaired) electrons. The minimum absolute atomic E-state index is 0.114. The Kier molecular flexibility index (Phi) is 8.62. The summed E-state index contributed by atoms with van der Waals surface area (Å²) in [6, 6.07) is 9.74. The smallest absolute Gasteiger partial charge is 0.240 e. The van der Waals surface area contributed by atoms with E-state index in [0.29, 0.717) is 30.8 Å². The Balaban J connectivity index is 1.42. The Labute approximate surface area is 217 Å². The molecule has 0 spiro atoms. The van der Waals surface area contributed by atoms with Gasteiger partial charge in [0, 0.05) is 55.8 Å². The fourth-order valence-electron chi connectivity index (χ4n) is 4.27. The number of allylic oxidation sites excluding steroid dienone is 1. The number of nitrogens with one attached hydrogen (secondary N) is 1. The molecule has 10 heteroatoms. The number of hydrogen-bond donors (Lipinski definition) is 1. The number of methoxy groups -OCH3 is 2. The maximum absolute atomic E-state index is 12.8. The maximum atomic E-state index is 12.8. The van der Waals surface area contributed by atoms with Crippen molar-refractivity contribution in [2.45, 2.75) is 30.7 Å². The maximum Gasteiger partial charge on any atom is 0.240 e. The summed E-state index contributed by atoms with van der Waals surface area (Å²) >= 11 is 0. The van der Waals surface area contributed by atoms with E-state index in [4.69, 9.17) is 9.47 Å². The van der Waals surface area contributed by atoms with Crippen molar-refractivity contribution >= 4 is 27.6 Å². The fourth-order valence-corrected chi connectivity index (χ4v) is 5.35. The molecular formula is C27H32N4O5S. The molecule has 3 aromatic rings. The number of sulfonamides is 1. The minimum atomic E-state index is -3.66. The molecule has 1 N–H and O–H groups in total. The quantitative estimate of drug-likeness (QED) is 0.219. The highest BCUT2D eigenvalue weighted by molar-refractivity contribution is 7.89. The molecule has 196 valence electrons. The molecule has 0 amide bonds. The lowest BCUT2D eigenvalue weighted by Crippen LogP contribution is -2.25. The third-order valence-electron chi connectivity index (χ3n) is 6.29. The molecule has 2 heterocycles. The number of benzene rings is 2. The van der Waals surface area contributed by atoms with Crippen molar-refractivity contribution in [3.8, 4) is 11.5 Å². The van der Waals surface area contributed by atoms with Crippen LogP contribution in [0.3, 0.4) is 0 Å². The van der Waals surface area contributed by atoms with Crippen molar-refractivity contribution in [3.05, 3.63) is 72.3 Å². The second-order valence-electron chi connectivity index (χ2n) is 8.73. The SMILES string of the molecule is COc1cc(OC)c(N2CCCC2)cc1/C=C/C(=O)c1ccc(S(=O)(=O)NCCCn2ccnc2)cc1. The van der Waals surface area contributed by atoms with Crippen LogP contribution in [0, 0.1) is 0 Å². The number of aromatic nitrogens is 2. The van der Waals surface area contributed by atoms with Crippen LogP contribution in [0.15, 0.2) is 66.1 Å². The molecule has 0 unspecified atom stereocenters. The summed E-state index contributed by atoms with van der Waals surface area (Å²) in [6.45, 7) is 2.88. The Morgan fingerprint density at radius 3 is 2.46 bits per heavy atom. The van der Waals surface area contributed by atoms with Crippen LogP contribution in [-0.2, 0) is 16.6 Å². The van der Waals surface area contributed by atoms with Crippen molar-refractivity contribution in [2.75, 3.05) is 38.8 Å². The third kappa shape index (κ3) is 6.58. The summed E-state index contributed by atoms with van der Waals surface area (Å²) in [5.74, 6) is 1.09. The highest BCUT2D eigenvalue weighted by atomic mass is 32.2. The van der Waals surface area contributed by atoms with Crippen molar-refractivity contribution in [2.24, 2.45) is 0 Å². The number of anilines is 1. The highest BCUT2D eigenvalue weighted by Gasteiger charge is 2.19. The predicted octanol–water partition coefficient (Wildman–Crippen LogP) is 3.77. The van der Waals surface area contributed by atoms with Crippen LogP contribution >= 0.6 is 0 Å². The summed E-state index contributed by atoms with van der Waals surface area (Å²) in [5.41, 5.74) is 2.13. The van der Waals surface area contributed by atoms with Gasteiger partial charge in [-0.25, -0.2) is 18.1 Å². The summed E-state index contributed by atoms with van der Waals surface area (Å²) in [5, 5.41) is 0. The molecule has 0 aliphatic carbocycles. The summed E-state index contributed by atoms with van der Waals surface area (Å²) in [7, 11) is -0.454. The summed E-state index contributed by atoms with van der Waals surface area (Å²) in [6.07, 6.45) is 11.3. The lowest BCUT2D eigenvalue weighted by Gasteiger charge is -2.22. The number of carbonyl (C=O) groups is 1. The highest BCUT2D eigenvalue weighted by Crippen LogP contribution is 2.37. The van der Waals surface area contributed by atoms with Crippen LogP contribution in [0.2, 0.25) is 0 Å². The van der Waals surface area contributed by atoms with Crippen molar-refractivity contribution in [3.63, 3.8) is 0 Å².